The quantitative estimate of drug-likeness (QED) is 0.815. The molecule has 2 atom stereocenters. The Kier molecular flexibility index (Phi) is 2.72. The van der Waals surface area contributed by atoms with Gasteiger partial charge in [-0.1, -0.05) is 0 Å². The van der Waals surface area contributed by atoms with Gasteiger partial charge in [0.15, 0.2) is 0 Å². The second-order valence-electron chi connectivity index (χ2n) is 5.30. The largest absolute Gasteiger partial charge is 0.490 e. The Morgan fingerprint density at radius 1 is 1.11 bits per heavy atom. The maximum Gasteiger partial charge on any atom is 0.129 e. The first kappa shape index (κ1) is 11.8. The molecule has 4 nitrogen and oxygen atoms in total. The van der Waals surface area contributed by atoms with Crippen LogP contribution in [0.4, 0.5) is 0 Å². The molecular weight excluding hydrogens is 230 g/mol. The third kappa shape index (κ3) is 1.60. The molecule has 2 heterocycles. The molecule has 0 bridgehead atoms. The standard InChI is InChI=1S/C14H19NO3/c1-7-4-10-9(3)13-11(5-8(2)17-13)12(6-16-15)14(10)18-7/h7-8H,4-6,15H2,1-3H3. The first-order chi connectivity index (χ1) is 8.61. The Hall–Kier alpha value is -1.26. The van der Waals surface area contributed by atoms with Crippen molar-refractivity contribution in [2.75, 3.05) is 0 Å². The van der Waals surface area contributed by atoms with Crippen molar-refractivity contribution in [2.24, 2.45) is 5.90 Å². The molecule has 0 saturated heterocycles. The van der Waals surface area contributed by atoms with Crippen LogP contribution < -0.4 is 15.4 Å². The zero-order valence-corrected chi connectivity index (χ0v) is 11.1. The number of nitrogens with two attached hydrogens (primary N) is 1. The van der Waals surface area contributed by atoms with Crippen molar-refractivity contribution >= 4 is 0 Å². The fourth-order valence-electron chi connectivity index (χ4n) is 3.05. The molecule has 2 N–H and O–H groups in total. The van der Waals surface area contributed by atoms with Gasteiger partial charge in [-0.25, -0.2) is 5.90 Å². The van der Waals surface area contributed by atoms with Crippen molar-refractivity contribution in [3.8, 4) is 11.5 Å². The molecule has 18 heavy (non-hydrogen) atoms. The summed E-state index contributed by atoms with van der Waals surface area (Å²) in [4.78, 5) is 4.85. The van der Waals surface area contributed by atoms with Crippen molar-refractivity contribution in [1.29, 1.82) is 0 Å². The first-order valence-electron chi connectivity index (χ1n) is 6.44. The topological polar surface area (TPSA) is 53.7 Å². The minimum Gasteiger partial charge on any atom is -0.490 e. The van der Waals surface area contributed by atoms with Gasteiger partial charge >= 0.3 is 0 Å². The Balaban J connectivity index is 2.19. The van der Waals surface area contributed by atoms with E-state index in [0.29, 0.717) is 6.61 Å². The highest BCUT2D eigenvalue weighted by Crippen LogP contribution is 2.46. The first-order valence-corrected chi connectivity index (χ1v) is 6.44. The Labute approximate surface area is 107 Å². The monoisotopic (exact) mass is 249 g/mol. The molecule has 0 amide bonds. The van der Waals surface area contributed by atoms with Crippen molar-refractivity contribution in [3.63, 3.8) is 0 Å². The number of ether oxygens (including phenoxy) is 2. The summed E-state index contributed by atoms with van der Waals surface area (Å²) in [6, 6.07) is 0. The summed E-state index contributed by atoms with van der Waals surface area (Å²) in [6.45, 7) is 6.67. The summed E-state index contributed by atoms with van der Waals surface area (Å²) in [5.74, 6) is 7.25. The van der Waals surface area contributed by atoms with E-state index in [1.807, 2.05) is 0 Å². The van der Waals surface area contributed by atoms with Crippen LogP contribution in [-0.2, 0) is 24.3 Å². The molecule has 0 aliphatic carbocycles. The van der Waals surface area contributed by atoms with Crippen LogP contribution >= 0.6 is 0 Å². The SMILES string of the molecule is Cc1c2c(c(CON)c3c1OC(C)C3)OC(C)C2. The lowest BCUT2D eigenvalue weighted by Gasteiger charge is -2.15. The van der Waals surface area contributed by atoms with Crippen LogP contribution in [0.3, 0.4) is 0 Å². The normalized spacial score (nSPS) is 24.4. The zero-order chi connectivity index (χ0) is 12.9. The third-order valence-corrected chi connectivity index (χ3v) is 3.83. The van der Waals surface area contributed by atoms with Gasteiger partial charge in [0, 0.05) is 29.5 Å². The van der Waals surface area contributed by atoms with Crippen LogP contribution in [0, 0.1) is 6.92 Å². The molecule has 0 aromatic heterocycles. The fourth-order valence-corrected chi connectivity index (χ4v) is 3.05. The Bertz CT molecular complexity index is 459. The molecule has 2 aliphatic rings. The highest BCUT2D eigenvalue weighted by atomic mass is 16.6. The lowest BCUT2D eigenvalue weighted by atomic mass is 9.94. The van der Waals surface area contributed by atoms with Gasteiger partial charge in [-0.2, -0.15) is 0 Å². The van der Waals surface area contributed by atoms with Gasteiger partial charge in [-0.05, 0) is 26.3 Å². The summed E-state index contributed by atoms with van der Waals surface area (Å²) in [5, 5.41) is 0. The van der Waals surface area contributed by atoms with Crippen molar-refractivity contribution < 1.29 is 14.3 Å². The summed E-state index contributed by atoms with van der Waals surface area (Å²) in [7, 11) is 0. The van der Waals surface area contributed by atoms with E-state index < -0.39 is 0 Å². The van der Waals surface area contributed by atoms with Gasteiger partial charge in [0.05, 0.1) is 6.61 Å². The number of benzene rings is 1. The molecule has 1 aromatic carbocycles. The van der Waals surface area contributed by atoms with Gasteiger partial charge in [-0.15, -0.1) is 0 Å². The minimum atomic E-state index is 0.218. The molecule has 2 unspecified atom stereocenters. The maximum absolute atomic E-state index is 5.94. The molecular formula is C14H19NO3. The molecule has 0 saturated carbocycles. The van der Waals surface area contributed by atoms with E-state index in [2.05, 4.69) is 20.8 Å². The molecule has 0 spiro atoms. The molecule has 0 fully saturated rings. The Morgan fingerprint density at radius 3 is 2.39 bits per heavy atom. The summed E-state index contributed by atoms with van der Waals surface area (Å²) in [5.41, 5.74) is 4.75. The van der Waals surface area contributed by atoms with Gasteiger partial charge in [0.25, 0.3) is 0 Å². The van der Waals surface area contributed by atoms with Crippen LogP contribution in [0.15, 0.2) is 0 Å². The summed E-state index contributed by atoms with van der Waals surface area (Å²) in [6.07, 6.45) is 2.27. The molecule has 4 heteroatoms. The van der Waals surface area contributed by atoms with E-state index in [1.54, 1.807) is 0 Å². The lowest BCUT2D eigenvalue weighted by Crippen LogP contribution is -2.09. The molecule has 1 aromatic rings. The van der Waals surface area contributed by atoms with E-state index in [1.165, 1.54) is 16.7 Å². The predicted octanol–water partition coefficient (Wildman–Crippen LogP) is 2.03. The van der Waals surface area contributed by atoms with Crippen molar-refractivity contribution in [3.05, 3.63) is 22.3 Å². The second kappa shape index (κ2) is 4.14. The summed E-state index contributed by atoms with van der Waals surface area (Å²) < 4.78 is 11.9. The molecule has 98 valence electrons. The third-order valence-electron chi connectivity index (χ3n) is 3.83. The number of fused-ring (bicyclic) bond motifs is 2. The van der Waals surface area contributed by atoms with Gasteiger partial charge in [0.1, 0.15) is 23.7 Å². The number of rotatable bonds is 2. The van der Waals surface area contributed by atoms with E-state index in [-0.39, 0.29) is 12.2 Å². The van der Waals surface area contributed by atoms with Gasteiger partial charge < -0.3 is 9.47 Å². The van der Waals surface area contributed by atoms with Crippen LogP contribution in [0.2, 0.25) is 0 Å². The van der Waals surface area contributed by atoms with E-state index in [0.717, 1.165) is 29.9 Å². The van der Waals surface area contributed by atoms with Crippen molar-refractivity contribution in [1.82, 2.24) is 0 Å². The van der Waals surface area contributed by atoms with Gasteiger partial charge in [0.2, 0.25) is 0 Å². The van der Waals surface area contributed by atoms with E-state index in [4.69, 9.17) is 20.2 Å². The predicted molar refractivity (Wildman–Crippen MR) is 67.7 cm³/mol. The average Bonchev–Trinajstić information content (AvgIpc) is 2.88. The fraction of sp³-hybridized carbons (Fsp3) is 0.571. The van der Waals surface area contributed by atoms with E-state index >= 15 is 0 Å². The number of hydrogen-bond acceptors (Lipinski definition) is 4. The molecule has 3 rings (SSSR count). The molecule has 0 radical (unpaired) electrons. The molecule has 2 aliphatic heterocycles. The maximum atomic E-state index is 5.94. The summed E-state index contributed by atoms with van der Waals surface area (Å²) >= 11 is 0. The highest BCUT2D eigenvalue weighted by molar-refractivity contribution is 5.61. The van der Waals surface area contributed by atoms with Crippen molar-refractivity contribution in [2.45, 2.75) is 52.4 Å². The highest BCUT2D eigenvalue weighted by Gasteiger charge is 2.33. The zero-order valence-electron chi connectivity index (χ0n) is 11.1. The lowest BCUT2D eigenvalue weighted by molar-refractivity contribution is 0.120. The van der Waals surface area contributed by atoms with Crippen LogP contribution in [-0.4, -0.2) is 12.2 Å². The van der Waals surface area contributed by atoms with Gasteiger partial charge in [-0.3, -0.25) is 4.84 Å². The van der Waals surface area contributed by atoms with E-state index in [9.17, 15) is 0 Å². The smallest absolute Gasteiger partial charge is 0.129 e. The minimum absolute atomic E-state index is 0.218. The average molecular weight is 249 g/mol. The van der Waals surface area contributed by atoms with Crippen LogP contribution in [0.5, 0.6) is 11.5 Å². The van der Waals surface area contributed by atoms with Crippen LogP contribution in [0.1, 0.15) is 36.1 Å². The second-order valence-corrected chi connectivity index (χ2v) is 5.30. The number of hydrogen-bond donors (Lipinski definition) is 1. The van der Waals surface area contributed by atoms with Crippen LogP contribution in [0.25, 0.3) is 0 Å². The Morgan fingerprint density at radius 2 is 1.72 bits per heavy atom.